The molecule has 0 aliphatic carbocycles. The van der Waals surface area contributed by atoms with E-state index >= 15 is 0 Å². The highest BCUT2D eigenvalue weighted by molar-refractivity contribution is 5.82. The quantitative estimate of drug-likeness (QED) is 0.349. The van der Waals surface area contributed by atoms with Gasteiger partial charge < -0.3 is 18.9 Å². The minimum absolute atomic E-state index is 0.233. The molecule has 0 aliphatic rings. The molecular weight excluding hydrogens is 379 g/mol. The first-order valence-corrected chi connectivity index (χ1v) is 8.23. The molecule has 0 unspecified atom stereocenters. The van der Waals surface area contributed by atoms with Gasteiger partial charge in [0.2, 0.25) is 0 Å². The maximum Gasteiger partial charge on any atom is 0.335 e. The van der Waals surface area contributed by atoms with E-state index in [4.69, 9.17) is 9.47 Å². The first kappa shape index (κ1) is 21.2. The number of carbonyl (C=O) groups excluding carboxylic acids is 2. The number of hydrogen-bond acceptors (Lipinski definition) is 6. The Morgan fingerprint density at radius 2 is 1.28 bits per heavy atom. The molecule has 148 valence electrons. The minimum Gasteiger partial charge on any atom is -0.462 e. The Morgan fingerprint density at radius 3 is 1.79 bits per heavy atom. The standard InChI is InChI=1S/C22H17FO6/c1-3-21(24)28-13-11-26-17-7-5-16(6-8-17)19-10-9-18(15-20(19)23)27-12-14-29-22(25)4-2/h3-15H,1-2H2. The van der Waals surface area contributed by atoms with Crippen LogP contribution in [-0.4, -0.2) is 11.9 Å². The molecule has 0 radical (unpaired) electrons. The molecule has 0 spiro atoms. The molecule has 0 heterocycles. The van der Waals surface area contributed by atoms with Gasteiger partial charge in [-0.2, -0.15) is 0 Å². The van der Waals surface area contributed by atoms with Gasteiger partial charge in [-0.15, -0.1) is 0 Å². The number of halogens is 1. The predicted molar refractivity (Wildman–Crippen MR) is 104 cm³/mol. The van der Waals surface area contributed by atoms with Crippen molar-refractivity contribution in [3.05, 3.63) is 98.6 Å². The van der Waals surface area contributed by atoms with Gasteiger partial charge in [-0.3, -0.25) is 0 Å². The van der Waals surface area contributed by atoms with Crippen LogP contribution in [0, 0.1) is 5.82 Å². The van der Waals surface area contributed by atoms with Gasteiger partial charge in [-0.05, 0) is 29.8 Å². The molecule has 6 nitrogen and oxygen atoms in total. The summed E-state index contributed by atoms with van der Waals surface area (Å²) >= 11 is 0. The predicted octanol–water partition coefficient (Wildman–Crippen LogP) is 4.65. The van der Waals surface area contributed by atoms with Crippen LogP contribution in [-0.2, 0) is 19.1 Å². The Bertz CT molecular complexity index is 944. The van der Waals surface area contributed by atoms with Crippen molar-refractivity contribution in [1.29, 1.82) is 0 Å². The molecule has 0 saturated heterocycles. The Kier molecular flexibility index (Phi) is 7.95. The van der Waals surface area contributed by atoms with Crippen LogP contribution >= 0.6 is 0 Å². The van der Waals surface area contributed by atoms with E-state index in [2.05, 4.69) is 22.6 Å². The van der Waals surface area contributed by atoms with Crippen LogP contribution in [0.15, 0.2) is 92.8 Å². The number of ether oxygens (including phenoxy) is 4. The van der Waals surface area contributed by atoms with Crippen LogP contribution < -0.4 is 9.47 Å². The van der Waals surface area contributed by atoms with Crippen molar-refractivity contribution < 1.29 is 32.9 Å². The van der Waals surface area contributed by atoms with Crippen molar-refractivity contribution in [2.24, 2.45) is 0 Å². The molecule has 0 fully saturated rings. The van der Waals surface area contributed by atoms with Gasteiger partial charge in [0.1, 0.15) is 42.4 Å². The molecule has 2 aromatic carbocycles. The third-order valence-electron chi connectivity index (χ3n) is 3.33. The summed E-state index contributed by atoms with van der Waals surface area (Å²) in [5.74, 6) is -1.03. The Hall–Kier alpha value is -4.13. The fraction of sp³-hybridized carbons (Fsp3) is 0. The summed E-state index contributed by atoms with van der Waals surface area (Å²) in [4.78, 5) is 21.7. The molecule has 0 aromatic heterocycles. The molecular formula is C22H17FO6. The van der Waals surface area contributed by atoms with Crippen molar-refractivity contribution >= 4 is 11.9 Å². The molecule has 2 aromatic rings. The van der Waals surface area contributed by atoms with Crippen LogP contribution in [0.4, 0.5) is 4.39 Å². The molecule has 0 bridgehead atoms. The summed E-state index contributed by atoms with van der Waals surface area (Å²) in [7, 11) is 0. The average molecular weight is 396 g/mol. The van der Waals surface area contributed by atoms with Crippen LogP contribution in [0.25, 0.3) is 11.1 Å². The summed E-state index contributed by atoms with van der Waals surface area (Å²) in [6, 6.07) is 10.9. The second-order valence-electron chi connectivity index (χ2n) is 5.23. The van der Waals surface area contributed by atoms with Gasteiger partial charge in [0.25, 0.3) is 0 Å². The summed E-state index contributed by atoms with van der Waals surface area (Å²) in [5, 5.41) is 0. The van der Waals surface area contributed by atoms with Crippen molar-refractivity contribution in [3.63, 3.8) is 0 Å². The molecule has 0 N–H and O–H groups in total. The van der Waals surface area contributed by atoms with Crippen molar-refractivity contribution in [2.45, 2.75) is 0 Å². The minimum atomic E-state index is -0.632. The summed E-state index contributed by atoms with van der Waals surface area (Å²) in [5.41, 5.74) is 0.986. The van der Waals surface area contributed by atoms with Gasteiger partial charge in [0.15, 0.2) is 0 Å². The highest BCUT2D eigenvalue weighted by Crippen LogP contribution is 2.28. The summed E-state index contributed by atoms with van der Waals surface area (Å²) in [6.07, 6.45) is 6.45. The van der Waals surface area contributed by atoms with E-state index in [1.807, 2.05) is 0 Å². The molecule has 29 heavy (non-hydrogen) atoms. The first-order valence-electron chi connectivity index (χ1n) is 8.23. The van der Waals surface area contributed by atoms with E-state index < -0.39 is 17.8 Å². The maximum atomic E-state index is 14.4. The lowest BCUT2D eigenvalue weighted by atomic mass is 10.0. The lowest BCUT2D eigenvalue weighted by molar-refractivity contribution is -0.133. The van der Waals surface area contributed by atoms with Crippen molar-refractivity contribution in [2.75, 3.05) is 0 Å². The zero-order valence-electron chi connectivity index (χ0n) is 15.2. The highest BCUT2D eigenvalue weighted by Gasteiger charge is 2.07. The first-order chi connectivity index (χ1) is 14.0. The number of rotatable bonds is 9. The molecule has 7 heteroatoms. The van der Waals surface area contributed by atoms with Crippen molar-refractivity contribution in [1.82, 2.24) is 0 Å². The fourth-order valence-electron chi connectivity index (χ4n) is 2.01. The Morgan fingerprint density at radius 1 is 0.759 bits per heavy atom. The smallest absolute Gasteiger partial charge is 0.335 e. The number of esters is 2. The van der Waals surface area contributed by atoms with Gasteiger partial charge >= 0.3 is 11.9 Å². The summed E-state index contributed by atoms with van der Waals surface area (Å²) < 4.78 is 34.0. The van der Waals surface area contributed by atoms with Gasteiger partial charge in [0.05, 0.1) is 0 Å². The van der Waals surface area contributed by atoms with E-state index in [1.165, 1.54) is 12.3 Å². The number of benzene rings is 2. The monoisotopic (exact) mass is 396 g/mol. The molecule has 0 aliphatic heterocycles. The SMILES string of the molecule is C=CC(=O)OC=COc1ccc(-c2ccc(OC=COC(=O)C=C)cc2F)cc1. The Labute approximate surface area is 166 Å². The van der Waals surface area contributed by atoms with Gasteiger partial charge in [0, 0.05) is 23.8 Å². The normalized spacial score (nSPS) is 10.5. The topological polar surface area (TPSA) is 71.1 Å². The van der Waals surface area contributed by atoms with Crippen LogP contribution in [0.3, 0.4) is 0 Å². The summed E-state index contributed by atoms with van der Waals surface area (Å²) in [6.45, 7) is 6.51. The van der Waals surface area contributed by atoms with E-state index in [-0.39, 0.29) is 5.75 Å². The molecule has 0 saturated carbocycles. The lowest BCUT2D eigenvalue weighted by Gasteiger charge is -2.07. The highest BCUT2D eigenvalue weighted by atomic mass is 19.1. The van der Waals surface area contributed by atoms with Gasteiger partial charge in [-0.1, -0.05) is 25.3 Å². The largest absolute Gasteiger partial charge is 0.462 e. The fourth-order valence-corrected chi connectivity index (χ4v) is 2.01. The van der Waals surface area contributed by atoms with E-state index in [0.717, 1.165) is 30.9 Å². The Balaban J connectivity index is 1.97. The van der Waals surface area contributed by atoms with Crippen LogP contribution in [0.5, 0.6) is 11.5 Å². The lowest BCUT2D eigenvalue weighted by Crippen LogP contribution is -1.93. The zero-order chi connectivity index (χ0) is 21.1. The van der Waals surface area contributed by atoms with Gasteiger partial charge in [-0.25, -0.2) is 14.0 Å². The maximum absolute atomic E-state index is 14.4. The van der Waals surface area contributed by atoms with E-state index in [0.29, 0.717) is 16.9 Å². The van der Waals surface area contributed by atoms with E-state index in [1.54, 1.807) is 36.4 Å². The number of carbonyl (C=O) groups is 2. The molecule has 0 atom stereocenters. The van der Waals surface area contributed by atoms with Crippen LogP contribution in [0.1, 0.15) is 0 Å². The van der Waals surface area contributed by atoms with E-state index in [9.17, 15) is 14.0 Å². The second-order valence-corrected chi connectivity index (χ2v) is 5.23. The third-order valence-corrected chi connectivity index (χ3v) is 3.33. The number of hydrogen-bond donors (Lipinski definition) is 0. The van der Waals surface area contributed by atoms with Crippen LogP contribution in [0.2, 0.25) is 0 Å². The zero-order valence-corrected chi connectivity index (χ0v) is 15.2. The average Bonchev–Trinajstić information content (AvgIpc) is 2.74. The third kappa shape index (κ3) is 6.84. The second kappa shape index (κ2) is 10.9. The van der Waals surface area contributed by atoms with Crippen molar-refractivity contribution in [3.8, 4) is 22.6 Å². The molecule has 0 amide bonds. The molecule has 2 rings (SSSR count).